The number of aromatic nitrogens is 1. The summed E-state index contributed by atoms with van der Waals surface area (Å²) in [4.78, 5) is 3.73. The predicted molar refractivity (Wildman–Crippen MR) is 81.0 cm³/mol. The molecule has 0 aliphatic rings. The van der Waals surface area contributed by atoms with E-state index in [0.29, 0.717) is 5.69 Å². The maximum absolute atomic E-state index is 13.3. The van der Waals surface area contributed by atoms with E-state index in [2.05, 4.69) is 15.0 Å². The van der Waals surface area contributed by atoms with Crippen molar-refractivity contribution in [2.75, 3.05) is 17.1 Å². The van der Waals surface area contributed by atoms with Gasteiger partial charge in [0.15, 0.2) is 5.82 Å². The number of hydrogen-bond donors (Lipinski definition) is 2. The molecule has 0 saturated heterocycles. The Balaban J connectivity index is 2.42. The summed E-state index contributed by atoms with van der Waals surface area (Å²) in [7, 11) is -2.33. The molecule has 21 heavy (non-hydrogen) atoms. The maximum Gasteiger partial charge on any atom is 0.265 e. The Morgan fingerprint density at radius 2 is 1.86 bits per heavy atom. The third-order valence-corrected chi connectivity index (χ3v) is 4.54. The Labute approximate surface area is 131 Å². The second-order valence-electron chi connectivity index (χ2n) is 3.98. The summed E-state index contributed by atoms with van der Waals surface area (Å²) < 4.78 is 40.2. The Morgan fingerprint density at radius 3 is 2.43 bits per heavy atom. The molecular formula is C12H10Cl2FN3O2S. The van der Waals surface area contributed by atoms with Gasteiger partial charge in [0, 0.05) is 19.4 Å². The lowest BCUT2D eigenvalue weighted by Crippen LogP contribution is -2.15. The zero-order valence-corrected chi connectivity index (χ0v) is 13.0. The topological polar surface area (TPSA) is 71.1 Å². The van der Waals surface area contributed by atoms with Crippen LogP contribution in [0.15, 0.2) is 35.5 Å². The van der Waals surface area contributed by atoms with Crippen molar-refractivity contribution in [3.63, 3.8) is 0 Å². The van der Waals surface area contributed by atoms with Gasteiger partial charge in [0.05, 0.1) is 21.4 Å². The molecule has 112 valence electrons. The van der Waals surface area contributed by atoms with Crippen LogP contribution in [0.1, 0.15) is 0 Å². The van der Waals surface area contributed by atoms with Gasteiger partial charge in [-0.05, 0) is 18.2 Å². The molecule has 0 radical (unpaired) electrons. The number of pyridine rings is 1. The highest BCUT2D eigenvalue weighted by Gasteiger charge is 2.19. The van der Waals surface area contributed by atoms with Crippen LogP contribution in [-0.2, 0) is 10.0 Å². The fourth-order valence-electron chi connectivity index (χ4n) is 1.63. The largest absolute Gasteiger partial charge is 0.387 e. The third-order valence-electron chi connectivity index (χ3n) is 2.58. The molecular weight excluding hydrogens is 340 g/mol. The SMILES string of the molecule is CNc1ccncc1S(=O)(=O)Nc1cc(Cl)c(F)c(Cl)c1. The molecule has 9 heteroatoms. The number of rotatable bonds is 4. The Bertz CT molecular complexity index is 761. The van der Waals surface area contributed by atoms with Gasteiger partial charge in [0.2, 0.25) is 0 Å². The summed E-state index contributed by atoms with van der Waals surface area (Å²) in [5.41, 5.74) is 0.425. The van der Waals surface area contributed by atoms with Crippen LogP contribution >= 0.6 is 23.2 Å². The van der Waals surface area contributed by atoms with Gasteiger partial charge in [-0.2, -0.15) is 0 Å². The zero-order valence-electron chi connectivity index (χ0n) is 10.7. The van der Waals surface area contributed by atoms with Crippen LogP contribution in [0, 0.1) is 5.82 Å². The van der Waals surface area contributed by atoms with E-state index in [9.17, 15) is 12.8 Å². The van der Waals surface area contributed by atoms with Crippen molar-refractivity contribution < 1.29 is 12.8 Å². The van der Waals surface area contributed by atoms with Gasteiger partial charge in [-0.15, -0.1) is 0 Å². The molecule has 2 aromatic rings. The van der Waals surface area contributed by atoms with E-state index >= 15 is 0 Å². The molecule has 0 atom stereocenters. The van der Waals surface area contributed by atoms with Crippen LogP contribution in [0.2, 0.25) is 10.0 Å². The summed E-state index contributed by atoms with van der Waals surface area (Å²) in [6, 6.07) is 3.78. The maximum atomic E-state index is 13.3. The number of nitrogens with zero attached hydrogens (tertiary/aromatic N) is 1. The van der Waals surface area contributed by atoms with Crippen molar-refractivity contribution in [2.45, 2.75) is 4.90 Å². The molecule has 0 fully saturated rings. The molecule has 1 aromatic carbocycles. The van der Waals surface area contributed by atoms with Crippen molar-refractivity contribution in [3.8, 4) is 0 Å². The summed E-state index contributed by atoms with van der Waals surface area (Å²) >= 11 is 11.3. The van der Waals surface area contributed by atoms with Gasteiger partial charge in [0.1, 0.15) is 4.90 Å². The molecule has 2 rings (SSSR count). The first kappa shape index (κ1) is 15.8. The molecule has 0 aliphatic carbocycles. The van der Waals surface area contributed by atoms with E-state index in [1.807, 2.05) is 0 Å². The van der Waals surface area contributed by atoms with E-state index in [-0.39, 0.29) is 20.6 Å². The van der Waals surface area contributed by atoms with Gasteiger partial charge >= 0.3 is 0 Å². The van der Waals surface area contributed by atoms with Crippen molar-refractivity contribution in [1.82, 2.24) is 4.98 Å². The number of hydrogen-bond acceptors (Lipinski definition) is 4. The molecule has 0 aliphatic heterocycles. The van der Waals surface area contributed by atoms with Crippen molar-refractivity contribution in [2.24, 2.45) is 0 Å². The molecule has 2 N–H and O–H groups in total. The fourth-order valence-corrected chi connectivity index (χ4v) is 3.31. The second kappa shape index (κ2) is 6.05. The van der Waals surface area contributed by atoms with E-state index < -0.39 is 15.8 Å². The average molecular weight is 350 g/mol. The number of halogens is 3. The fraction of sp³-hybridized carbons (Fsp3) is 0.0833. The highest BCUT2D eigenvalue weighted by Crippen LogP contribution is 2.29. The Morgan fingerprint density at radius 1 is 1.24 bits per heavy atom. The standard InChI is InChI=1S/C12H10Cl2FN3O2S/c1-16-10-2-3-17-6-11(10)21(19,20)18-7-4-8(13)12(15)9(14)5-7/h2-6,18H,1H3,(H,16,17). The second-order valence-corrected chi connectivity index (χ2v) is 6.45. The molecule has 1 aromatic heterocycles. The Kier molecular flexibility index (Phi) is 4.55. The smallest absolute Gasteiger partial charge is 0.265 e. The lowest BCUT2D eigenvalue weighted by molar-refractivity contribution is 0.601. The lowest BCUT2D eigenvalue weighted by Gasteiger charge is -2.12. The van der Waals surface area contributed by atoms with Crippen LogP contribution in [0.5, 0.6) is 0 Å². The first-order chi connectivity index (χ1) is 9.85. The highest BCUT2D eigenvalue weighted by atomic mass is 35.5. The van der Waals surface area contributed by atoms with Gasteiger partial charge in [0.25, 0.3) is 10.0 Å². The normalized spacial score (nSPS) is 11.2. The third kappa shape index (κ3) is 3.37. The minimum atomic E-state index is -3.92. The molecule has 0 bridgehead atoms. The van der Waals surface area contributed by atoms with Gasteiger partial charge in [-0.1, -0.05) is 23.2 Å². The van der Waals surface area contributed by atoms with Crippen molar-refractivity contribution in [3.05, 3.63) is 46.5 Å². The first-order valence-electron chi connectivity index (χ1n) is 5.64. The predicted octanol–water partition coefficient (Wildman–Crippen LogP) is 3.37. The number of anilines is 2. The van der Waals surface area contributed by atoms with Gasteiger partial charge in [-0.25, -0.2) is 12.8 Å². The van der Waals surface area contributed by atoms with E-state index in [0.717, 1.165) is 12.1 Å². The molecule has 0 spiro atoms. The molecule has 0 unspecified atom stereocenters. The summed E-state index contributed by atoms with van der Waals surface area (Å²) in [5.74, 6) is -0.807. The minimum Gasteiger partial charge on any atom is -0.387 e. The van der Waals surface area contributed by atoms with Crippen LogP contribution in [0.25, 0.3) is 0 Å². The summed E-state index contributed by atoms with van der Waals surface area (Å²) in [6.45, 7) is 0. The summed E-state index contributed by atoms with van der Waals surface area (Å²) in [6.07, 6.45) is 2.65. The Hall–Kier alpha value is -1.57. The number of sulfonamides is 1. The molecule has 5 nitrogen and oxygen atoms in total. The van der Waals surface area contributed by atoms with Crippen LogP contribution in [-0.4, -0.2) is 20.4 Å². The molecule has 0 amide bonds. The van der Waals surface area contributed by atoms with Crippen molar-refractivity contribution >= 4 is 44.6 Å². The summed E-state index contributed by atoms with van der Waals surface area (Å²) in [5, 5.41) is 2.19. The average Bonchev–Trinajstić information content (AvgIpc) is 2.44. The van der Waals surface area contributed by atoms with Crippen LogP contribution < -0.4 is 10.0 Å². The van der Waals surface area contributed by atoms with Crippen LogP contribution in [0.4, 0.5) is 15.8 Å². The van der Waals surface area contributed by atoms with E-state index in [1.54, 1.807) is 7.05 Å². The van der Waals surface area contributed by atoms with E-state index in [1.165, 1.54) is 18.5 Å². The quantitative estimate of drug-likeness (QED) is 0.830. The zero-order chi connectivity index (χ0) is 15.6. The molecule has 0 saturated carbocycles. The van der Waals surface area contributed by atoms with E-state index in [4.69, 9.17) is 23.2 Å². The van der Waals surface area contributed by atoms with Gasteiger partial charge in [-0.3, -0.25) is 9.71 Å². The number of nitrogens with one attached hydrogen (secondary N) is 2. The first-order valence-corrected chi connectivity index (χ1v) is 7.88. The molecule has 1 heterocycles. The minimum absolute atomic E-state index is 0.0518. The highest BCUT2D eigenvalue weighted by molar-refractivity contribution is 7.92. The number of benzene rings is 1. The monoisotopic (exact) mass is 349 g/mol. The van der Waals surface area contributed by atoms with Crippen molar-refractivity contribution in [1.29, 1.82) is 0 Å². The van der Waals surface area contributed by atoms with Gasteiger partial charge < -0.3 is 5.32 Å². The lowest BCUT2D eigenvalue weighted by atomic mass is 10.3. The van der Waals surface area contributed by atoms with Crippen LogP contribution in [0.3, 0.4) is 0 Å².